The van der Waals surface area contributed by atoms with Crippen molar-refractivity contribution in [3.8, 4) is 0 Å². The van der Waals surface area contributed by atoms with Crippen molar-refractivity contribution < 1.29 is 5.11 Å². The lowest BCUT2D eigenvalue weighted by molar-refractivity contribution is 0.171. The second-order valence-electron chi connectivity index (χ2n) is 3.92. The summed E-state index contributed by atoms with van der Waals surface area (Å²) < 4.78 is 0. The van der Waals surface area contributed by atoms with Gasteiger partial charge in [-0.2, -0.15) is 0 Å². The van der Waals surface area contributed by atoms with Crippen molar-refractivity contribution in [1.82, 2.24) is 5.32 Å². The van der Waals surface area contributed by atoms with Crippen LogP contribution in [-0.2, 0) is 0 Å². The van der Waals surface area contributed by atoms with Crippen molar-refractivity contribution in [2.45, 2.75) is 20.3 Å². The Kier molecular flexibility index (Phi) is 3.34. The van der Waals surface area contributed by atoms with Gasteiger partial charge in [-0.25, -0.2) is 0 Å². The van der Waals surface area contributed by atoms with E-state index in [0.717, 1.165) is 19.0 Å². The summed E-state index contributed by atoms with van der Waals surface area (Å²) in [4.78, 5) is 0. The molecule has 1 aliphatic heterocycles. The van der Waals surface area contributed by atoms with Gasteiger partial charge in [-0.3, -0.25) is 0 Å². The lowest BCUT2D eigenvalue weighted by Crippen LogP contribution is -2.24. The Morgan fingerprint density at radius 3 is 2.73 bits per heavy atom. The molecule has 1 rings (SSSR count). The number of nitrogens with one attached hydrogen (secondary N) is 1. The first-order valence-electron chi connectivity index (χ1n) is 4.55. The summed E-state index contributed by atoms with van der Waals surface area (Å²) in [5, 5.41) is 12.5. The monoisotopic (exact) mass is 157 g/mol. The van der Waals surface area contributed by atoms with E-state index in [1.165, 1.54) is 6.42 Å². The van der Waals surface area contributed by atoms with Gasteiger partial charge in [-0.05, 0) is 37.3 Å². The molecule has 2 heteroatoms. The van der Waals surface area contributed by atoms with Crippen molar-refractivity contribution in [1.29, 1.82) is 0 Å². The van der Waals surface area contributed by atoms with Gasteiger partial charge in [0.25, 0.3) is 0 Å². The van der Waals surface area contributed by atoms with E-state index in [9.17, 15) is 0 Å². The van der Waals surface area contributed by atoms with E-state index in [-0.39, 0.29) is 0 Å². The highest BCUT2D eigenvalue weighted by Crippen LogP contribution is 2.21. The molecule has 66 valence electrons. The molecule has 0 bridgehead atoms. The second kappa shape index (κ2) is 4.07. The SMILES string of the molecule is CC1CNCC(C)C(CO)C1. The molecular formula is C9H19NO. The lowest BCUT2D eigenvalue weighted by Gasteiger charge is -2.19. The highest BCUT2D eigenvalue weighted by atomic mass is 16.3. The molecular weight excluding hydrogens is 138 g/mol. The average molecular weight is 157 g/mol. The van der Waals surface area contributed by atoms with Crippen LogP contribution in [0.25, 0.3) is 0 Å². The van der Waals surface area contributed by atoms with Gasteiger partial charge in [0.05, 0.1) is 0 Å². The fourth-order valence-electron chi connectivity index (χ4n) is 1.81. The summed E-state index contributed by atoms with van der Waals surface area (Å²) in [6.45, 7) is 6.99. The molecule has 0 aromatic heterocycles. The molecule has 0 spiro atoms. The molecule has 0 amide bonds. The fourth-order valence-corrected chi connectivity index (χ4v) is 1.81. The van der Waals surface area contributed by atoms with Crippen molar-refractivity contribution in [3.05, 3.63) is 0 Å². The van der Waals surface area contributed by atoms with Crippen LogP contribution in [0.3, 0.4) is 0 Å². The quantitative estimate of drug-likeness (QED) is 0.591. The number of aliphatic hydroxyl groups is 1. The van der Waals surface area contributed by atoms with E-state index in [1.54, 1.807) is 0 Å². The molecule has 2 nitrogen and oxygen atoms in total. The van der Waals surface area contributed by atoms with Crippen molar-refractivity contribution in [3.63, 3.8) is 0 Å². The van der Waals surface area contributed by atoms with Crippen LogP contribution in [0.4, 0.5) is 0 Å². The normalized spacial score (nSPS) is 40.1. The number of aliphatic hydroxyl groups excluding tert-OH is 1. The van der Waals surface area contributed by atoms with Crippen molar-refractivity contribution in [2.75, 3.05) is 19.7 Å². The molecule has 11 heavy (non-hydrogen) atoms. The summed E-state index contributed by atoms with van der Waals surface area (Å²) >= 11 is 0. The minimum absolute atomic E-state index is 0.354. The number of rotatable bonds is 1. The van der Waals surface area contributed by atoms with Gasteiger partial charge in [-0.1, -0.05) is 13.8 Å². The van der Waals surface area contributed by atoms with E-state index in [2.05, 4.69) is 19.2 Å². The summed E-state index contributed by atoms with van der Waals surface area (Å²) in [5.74, 6) is 1.86. The van der Waals surface area contributed by atoms with E-state index >= 15 is 0 Å². The summed E-state index contributed by atoms with van der Waals surface area (Å²) in [7, 11) is 0. The van der Waals surface area contributed by atoms with E-state index < -0.39 is 0 Å². The third-order valence-corrected chi connectivity index (χ3v) is 2.70. The van der Waals surface area contributed by atoms with Gasteiger partial charge in [0.2, 0.25) is 0 Å². The molecule has 1 heterocycles. The molecule has 0 saturated carbocycles. The van der Waals surface area contributed by atoms with Gasteiger partial charge in [0.15, 0.2) is 0 Å². The van der Waals surface area contributed by atoms with Crippen LogP contribution >= 0.6 is 0 Å². The minimum atomic E-state index is 0.354. The Morgan fingerprint density at radius 2 is 2.09 bits per heavy atom. The van der Waals surface area contributed by atoms with Gasteiger partial charge in [-0.15, -0.1) is 0 Å². The maximum Gasteiger partial charge on any atom is 0.0462 e. The van der Waals surface area contributed by atoms with Crippen molar-refractivity contribution >= 4 is 0 Å². The fraction of sp³-hybridized carbons (Fsp3) is 1.00. The van der Waals surface area contributed by atoms with Crippen LogP contribution < -0.4 is 5.32 Å². The van der Waals surface area contributed by atoms with Gasteiger partial charge < -0.3 is 10.4 Å². The third-order valence-electron chi connectivity index (χ3n) is 2.70. The zero-order chi connectivity index (χ0) is 8.27. The molecule has 1 aliphatic rings. The first-order chi connectivity index (χ1) is 5.24. The smallest absolute Gasteiger partial charge is 0.0462 e. The first kappa shape index (κ1) is 9.01. The Labute approximate surface area is 69.0 Å². The zero-order valence-corrected chi connectivity index (χ0v) is 7.51. The predicted octanol–water partition coefficient (Wildman–Crippen LogP) is 0.860. The predicted molar refractivity (Wildman–Crippen MR) is 46.4 cm³/mol. The average Bonchev–Trinajstić information content (AvgIpc) is 2.13. The molecule has 2 N–H and O–H groups in total. The molecule has 0 aromatic carbocycles. The second-order valence-corrected chi connectivity index (χ2v) is 3.92. The van der Waals surface area contributed by atoms with E-state index in [0.29, 0.717) is 18.4 Å². The van der Waals surface area contributed by atoms with E-state index in [4.69, 9.17) is 5.11 Å². The zero-order valence-electron chi connectivity index (χ0n) is 7.51. The molecule has 0 aromatic rings. The van der Waals surface area contributed by atoms with Gasteiger partial charge in [0.1, 0.15) is 0 Å². The topological polar surface area (TPSA) is 32.3 Å². The number of hydrogen-bond acceptors (Lipinski definition) is 2. The number of hydrogen-bond donors (Lipinski definition) is 2. The maximum absolute atomic E-state index is 9.08. The molecule has 3 atom stereocenters. The van der Waals surface area contributed by atoms with Crippen LogP contribution in [0.15, 0.2) is 0 Å². The minimum Gasteiger partial charge on any atom is -0.396 e. The van der Waals surface area contributed by atoms with Crippen LogP contribution in [0.2, 0.25) is 0 Å². The van der Waals surface area contributed by atoms with E-state index in [1.807, 2.05) is 0 Å². The van der Waals surface area contributed by atoms with Gasteiger partial charge in [0, 0.05) is 6.61 Å². The first-order valence-corrected chi connectivity index (χ1v) is 4.55. The highest BCUT2D eigenvalue weighted by Gasteiger charge is 2.21. The maximum atomic E-state index is 9.08. The highest BCUT2D eigenvalue weighted by molar-refractivity contribution is 4.75. The Morgan fingerprint density at radius 1 is 1.36 bits per heavy atom. The summed E-state index contributed by atoms with van der Waals surface area (Å²) in [6.07, 6.45) is 1.17. The van der Waals surface area contributed by atoms with Gasteiger partial charge >= 0.3 is 0 Å². The Hall–Kier alpha value is -0.0800. The van der Waals surface area contributed by atoms with Crippen LogP contribution in [0.5, 0.6) is 0 Å². The summed E-state index contributed by atoms with van der Waals surface area (Å²) in [5.41, 5.74) is 0. The molecule has 1 saturated heterocycles. The largest absolute Gasteiger partial charge is 0.396 e. The molecule has 3 unspecified atom stereocenters. The third kappa shape index (κ3) is 2.46. The van der Waals surface area contributed by atoms with Crippen molar-refractivity contribution in [2.24, 2.45) is 17.8 Å². The molecule has 0 aliphatic carbocycles. The lowest BCUT2D eigenvalue weighted by atomic mass is 9.88. The van der Waals surface area contributed by atoms with Crippen LogP contribution in [-0.4, -0.2) is 24.8 Å². The summed E-state index contributed by atoms with van der Waals surface area (Å²) in [6, 6.07) is 0. The Balaban J connectivity index is 2.45. The Bertz CT molecular complexity index is 116. The molecule has 1 fully saturated rings. The molecule has 0 radical (unpaired) electrons. The standard InChI is InChI=1S/C9H19NO/c1-7-3-9(6-11)8(2)5-10-4-7/h7-11H,3-6H2,1-2H3. The van der Waals surface area contributed by atoms with Crippen LogP contribution in [0.1, 0.15) is 20.3 Å². The van der Waals surface area contributed by atoms with Crippen LogP contribution in [0, 0.1) is 17.8 Å².